The van der Waals surface area contributed by atoms with Crippen molar-refractivity contribution in [2.75, 3.05) is 6.61 Å². The number of rotatable bonds is 3. The molecule has 1 fully saturated rings. The molecule has 31 heavy (non-hydrogen) atoms. The lowest BCUT2D eigenvalue weighted by molar-refractivity contribution is -0.261. The van der Waals surface area contributed by atoms with Gasteiger partial charge in [0.2, 0.25) is 6.29 Å². The molecular formula is C20H20O11. The molecule has 8 N–H and O–H groups in total. The first kappa shape index (κ1) is 20.9. The van der Waals surface area contributed by atoms with E-state index in [0.717, 1.165) is 18.2 Å². The van der Waals surface area contributed by atoms with Crippen LogP contribution >= 0.6 is 0 Å². The van der Waals surface area contributed by atoms with Crippen molar-refractivity contribution < 1.29 is 55.1 Å². The minimum absolute atomic E-state index is 0.0440. The second-order valence-corrected chi connectivity index (χ2v) is 7.20. The van der Waals surface area contributed by atoms with E-state index in [4.69, 9.17) is 14.2 Å². The van der Waals surface area contributed by atoms with Crippen molar-refractivity contribution in [1.82, 2.24) is 0 Å². The van der Waals surface area contributed by atoms with Gasteiger partial charge in [-0.3, -0.25) is 0 Å². The first-order valence-corrected chi connectivity index (χ1v) is 9.17. The Hall–Kier alpha value is -3.38. The average molecular weight is 436 g/mol. The van der Waals surface area contributed by atoms with Crippen LogP contribution in [-0.2, 0) is 9.47 Å². The van der Waals surface area contributed by atoms with Gasteiger partial charge in [0.15, 0.2) is 23.4 Å². The zero-order chi connectivity index (χ0) is 22.4. The topological polar surface area (TPSA) is 190 Å². The normalized spacial score (nSPS) is 27.7. The molecule has 1 unspecified atom stereocenters. The fourth-order valence-electron chi connectivity index (χ4n) is 3.37. The second kappa shape index (κ2) is 7.71. The molecule has 2 aliphatic rings. The summed E-state index contributed by atoms with van der Waals surface area (Å²) in [6.45, 7) is -0.321. The number of benzene rings is 2. The van der Waals surface area contributed by atoms with Gasteiger partial charge in [0.25, 0.3) is 0 Å². The number of ether oxygens (including phenoxy) is 3. The van der Waals surface area contributed by atoms with Gasteiger partial charge >= 0.3 is 0 Å². The Morgan fingerprint density at radius 3 is 2.19 bits per heavy atom. The van der Waals surface area contributed by atoms with Crippen molar-refractivity contribution in [3.8, 4) is 34.5 Å². The van der Waals surface area contributed by atoms with E-state index in [0.29, 0.717) is 0 Å². The summed E-state index contributed by atoms with van der Waals surface area (Å²) in [4.78, 5) is 0. The number of aromatic hydroxyl groups is 5. The van der Waals surface area contributed by atoms with Gasteiger partial charge in [0.05, 0.1) is 12.2 Å². The van der Waals surface area contributed by atoms with E-state index in [-0.39, 0.29) is 40.7 Å². The van der Waals surface area contributed by atoms with Crippen LogP contribution < -0.4 is 4.74 Å². The average Bonchev–Trinajstić information content (AvgIpc) is 2.72. The van der Waals surface area contributed by atoms with Gasteiger partial charge < -0.3 is 55.1 Å². The Balaban J connectivity index is 1.76. The molecule has 1 saturated heterocycles. The lowest BCUT2D eigenvalue weighted by Gasteiger charge is -2.37. The monoisotopic (exact) mass is 436 g/mol. The number of phenols is 5. The molecule has 11 nitrogen and oxygen atoms in total. The highest BCUT2D eigenvalue weighted by molar-refractivity contribution is 5.70. The number of aliphatic hydroxyl groups is 3. The van der Waals surface area contributed by atoms with Crippen LogP contribution in [0.15, 0.2) is 30.0 Å². The smallest absolute Gasteiger partial charge is 0.228 e. The molecule has 0 bridgehead atoms. The van der Waals surface area contributed by atoms with Crippen LogP contribution in [0.1, 0.15) is 17.2 Å². The van der Waals surface area contributed by atoms with Crippen LogP contribution in [0.5, 0.6) is 34.5 Å². The molecule has 5 atom stereocenters. The molecule has 0 radical (unpaired) electrons. The maximum atomic E-state index is 10.2. The summed E-state index contributed by atoms with van der Waals surface area (Å²) in [6, 6.07) is 4.49. The Labute approximate surface area is 174 Å². The summed E-state index contributed by atoms with van der Waals surface area (Å²) in [7, 11) is 0. The molecule has 4 rings (SSSR count). The summed E-state index contributed by atoms with van der Waals surface area (Å²) in [5.74, 6) is -2.68. The van der Waals surface area contributed by atoms with E-state index in [1.54, 1.807) is 0 Å². The number of hydrogen-bond donors (Lipinski definition) is 8. The Morgan fingerprint density at radius 2 is 1.52 bits per heavy atom. The minimum Gasteiger partial charge on any atom is -0.508 e. The molecule has 0 spiro atoms. The molecular weight excluding hydrogens is 416 g/mol. The maximum Gasteiger partial charge on any atom is 0.228 e. The van der Waals surface area contributed by atoms with E-state index in [1.807, 2.05) is 0 Å². The number of fused-ring (bicyclic) bond motifs is 1. The van der Waals surface area contributed by atoms with Gasteiger partial charge in [-0.05, 0) is 18.2 Å². The van der Waals surface area contributed by atoms with Gasteiger partial charge in [-0.2, -0.15) is 0 Å². The molecule has 2 aromatic carbocycles. The second-order valence-electron chi connectivity index (χ2n) is 7.20. The lowest BCUT2D eigenvalue weighted by atomic mass is 10.00. The predicted octanol–water partition coefficient (Wildman–Crippen LogP) is 0.145. The van der Waals surface area contributed by atoms with E-state index < -0.39 is 48.0 Å². The molecule has 2 aromatic rings. The lowest BCUT2D eigenvalue weighted by Crippen LogP contribution is -2.53. The number of phenolic OH excluding ortho intramolecular Hbond substituents is 5. The first-order valence-electron chi connectivity index (χ1n) is 9.17. The van der Waals surface area contributed by atoms with Crippen molar-refractivity contribution in [3.05, 3.63) is 41.2 Å². The van der Waals surface area contributed by atoms with Crippen molar-refractivity contribution in [2.24, 2.45) is 0 Å². The van der Waals surface area contributed by atoms with Crippen LogP contribution in [0, 0.1) is 0 Å². The van der Waals surface area contributed by atoms with Gasteiger partial charge in [0, 0.05) is 17.7 Å². The van der Waals surface area contributed by atoms with Crippen LogP contribution in [0.3, 0.4) is 0 Å². The molecule has 11 heteroatoms. The van der Waals surface area contributed by atoms with E-state index in [1.165, 1.54) is 12.1 Å². The Kier molecular flexibility index (Phi) is 5.19. The van der Waals surface area contributed by atoms with E-state index in [9.17, 15) is 40.9 Å². The van der Waals surface area contributed by atoms with Gasteiger partial charge in [0.1, 0.15) is 41.3 Å². The van der Waals surface area contributed by atoms with Crippen LogP contribution in [0.25, 0.3) is 6.08 Å². The Bertz CT molecular complexity index is 1010. The molecule has 0 saturated carbocycles. The van der Waals surface area contributed by atoms with Crippen molar-refractivity contribution in [2.45, 2.75) is 30.7 Å². The summed E-state index contributed by atoms with van der Waals surface area (Å²) < 4.78 is 16.7. The zero-order valence-corrected chi connectivity index (χ0v) is 15.8. The fraction of sp³-hybridized carbons (Fsp3) is 0.300. The summed E-state index contributed by atoms with van der Waals surface area (Å²) in [6.07, 6.45) is -5.77. The minimum atomic E-state index is -1.62. The SMILES string of the molecule is Oc1cc(O)c2c(c1)OC(c1cc(O)c(O)c(O)c1)C(O[C@@H]1OC[C@H](O)[C@@H](O)[C@@H]1O)=C2. The van der Waals surface area contributed by atoms with Crippen LogP contribution in [0.2, 0.25) is 0 Å². The summed E-state index contributed by atoms with van der Waals surface area (Å²) >= 11 is 0. The molecule has 0 aromatic heterocycles. The molecule has 166 valence electrons. The number of hydrogen-bond acceptors (Lipinski definition) is 11. The largest absolute Gasteiger partial charge is 0.508 e. The first-order chi connectivity index (χ1) is 14.7. The number of aliphatic hydroxyl groups excluding tert-OH is 3. The van der Waals surface area contributed by atoms with Crippen molar-refractivity contribution >= 4 is 6.08 Å². The Morgan fingerprint density at radius 1 is 0.839 bits per heavy atom. The summed E-state index contributed by atoms with van der Waals surface area (Å²) in [5.41, 5.74) is 0.237. The van der Waals surface area contributed by atoms with E-state index >= 15 is 0 Å². The summed E-state index contributed by atoms with van der Waals surface area (Å²) in [5, 5.41) is 79.0. The maximum absolute atomic E-state index is 10.2. The van der Waals surface area contributed by atoms with Gasteiger partial charge in [-0.15, -0.1) is 0 Å². The fourth-order valence-corrected chi connectivity index (χ4v) is 3.37. The highest BCUT2D eigenvalue weighted by Crippen LogP contribution is 2.46. The van der Waals surface area contributed by atoms with Crippen LogP contribution in [-0.4, -0.2) is 72.1 Å². The third-order valence-electron chi connectivity index (χ3n) is 5.00. The quantitative estimate of drug-likeness (QED) is 0.306. The molecule has 2 aliphatic heterocycles. The highest BCUT2D eigenvalue weighted by atomic mass is 16.7. The molecule has 2 heterocycles. The highest BCUT2D eigenvalue weighted by Gasteiger charge is 2.41. The molecule has 0 aliphatic carbocycles. The van der Waals surface area contributed by atoms with Crippen molar-refractivity contribution in [3.63, 3.8) is 0 Å². The third-order valence-corrected chi connectivity index (χ3v) is 5.00. The standard InChI is InChI=1S/C20H20O11/c21-8-3-10(22)9-5-15(31-20-18(28)17(27)13(25)6-29-20)19(30-14(9)4-8)7-1-11(23)16(26)12(24)2-7/h1-5,13,17-28H,6H2/t13-,17+,18-,19?,20-/m0/s1. The van der Waals surface area contributed by atoms with Gasteiger partial charge in [-0.1, -0.05) is 0 Å². The predicted molar refractivity (Wildman–Crippen MR) is 101 cm³/mol. The van der Waals surface area contributed by atoms with Crippen molar-refractivity contribution in [1.29, 1.82) is 0 Å². The zero-order valence-electron chi connectivity index (χ0n) is 15.8. The molecule has 0 amide bonds. The third kappa shape index (κ3) is 3.75. The van der Waals surface area contributed by atoms with Gasteiger partial charge in [-0.25, -0.2) is 0 Å². The van der Waals surface area contributed by atoms with E-state index in [2.05, 4.69) is 0 Å². The van der Waals surface area contributed by atoms with Crippen LogP contribution in [0.4, 0.5) is 0 Å².